The molecule has 0 bridgehead atoms. The first kappa shape index (κ1) is 25.7. The van der Waals surface area contributed by atoms with Crippen LogP contribution in [-0.4, -0.2) is 40.1 Å². The highest BCUT2D eigenvalue weighted by Crippen LogP contribution is 2.57. The van der Waals surface area contributed by atoms with Gasteiger partial charge in [-0.3, -0.25) is 4.79 Å². The standard InChI is InChI=1S/C26H35Cl2N3O2S/c1-6-31(7-2)24(33)14(3)16-11-12-26(5)13-19-21(15(4)20(26)23(16)32)29-25(34-19)30-22-17(27)9-8-10-18(22)28/h8-10,14-16,20,23,32H,6-7,11-13H2,1-5H3,(H,29,30)/t14-,15-,16-,20+,23-,26-/m0/s1. The van der Waals surface area contributed by atoms with Crippen molar-refractivity contribution in [1.29, 1.82) is 0 Å². The van der Waals surface area contributed by atoms with Gasteiger partial charge in [0.15, 0.2) is 5.13 Å². The number of carbonyl (C=O) groups is 1. The minimum absolute atomic E-state index is 0.0217. The average Bonchev–Trinajstić information content (AvgIpc) is 3.19. The number of hydrogen-bond acceptors (Lipinski definition) is 5. The number of nitrogens with zero attached hydrogens (tertiary/aromatic N) is 2. The van der Waals surface area contributed by atoms with Crippen molar-refractivity contribution in [3.8, 4) is 0 Å². The molecule has 0 spiro atoms. The zero-order valence-electron chi connectivity index (χ0n) is 20.6. The highest BCUT2D eigenvalue weighted by Gasteiger charge is 2.54. The van der Waals surface area contributed by atoms with E-state index < -0.39 is 6.10 Å². The Hall–Kier alpha value is -1.34. The topological polar surface area (TPSA) is 65.5 Å². The average molecular weight is 525 g/mol. The molecule has 0 aliphatic heterocycles. The predicted molar refractivity (Wildman–Crippen MR) is 141 cm³/mol. The van der Waals surface area contributed by atoms with Crippen LogP contribution in [0.25, 0.3) is 0 Å². The largest absolute Gasteiger partial charge is 0.392 e. The first-order valence-corrected chi connectivity index (χ1v) is 13.9. The quantitative estimate of drug-likeness (QED) is 0.439. The summed E-state index contributed by atoms with van der Waals surface area (Å²) in [7, 11) is 0. The van der Waals surface area contributed by atoms with Gasteiger partial charge in [-0.2, -0.15) is 0 Å². The Morgan fingerprint density at radius 1 is 1.32 bits per heavy atom. The van der Waals surface area contributed by atoms with E-state index in [2.05, 4.69) is 19.2 Å². The van der Waals surface area contributed by atoms with E-state index >= 15 is 0 Å². The molecule has 1 amide bonds. The molecule has 1 fully saturated rings. The van der Waals surface area contributed by atoms with Crippen molar-refractivity contribution in [3.63, 3.8) is 0 Å². The number of thiazole rings is 1. The fourth-order valence-corrected chi connectivity index (χ4v) is 8.09. The molecule has 1 heterocycles. The second-order valence-corrected chi connectivity index (χ2v) is 12.1. The third-order valence-corrected chi connectivity index (χ3v) is 9.84. The smallest absolute Gasteiger partial charge is 0.225 e. The second kappa shape index (κ2) is 9.96. The molecule has 0 unspecified atom stereocenters. The maximum atomic E-state index is 13.1. The van der Waals surface area contributed by atoms with Crippen LogP contribution in [0.15, 0.2) is 18.2 Å². The van der Waals surface area contributed by atoms with Crippen LogP contribution in [-0.2, 0) is 11.2 Å². The van der Waals surface area contributed by atoms with Crippen LogP contribution < -0.4 is 5.32 Å². The van der Waals surface area contributed by atoms with E-state index in [1.165, 1.54) is 4.88 Å². The Morgan fingerprint density at radius 2 is 1.97 bits per heavy atom. The second-order valence-electron chi connectivity index (χ2n) is 10.2. The Morgan fingerprint density at radius 3 is 2.59 bits per heavy atom. The molecule has 2 N–H and O–H groups in total. The lowest BCUT2D eigenvalue weighted by Gasteiger charge is -2.53. The summed E-state index contributed by atoms with van der Waals surface area (Å²) in [5, 5.41) is 16.8. The molecule has 1 aromatic heterocycles. The molecule has 186 valence electrons. The van der Waals surface area contributed by atoms with Gasteiger partial charge < -0.3 is 15.3 Å². The van der Waals surface area contributed by atoms with Crippen LogP contribution in [0, 0.1) is 23.2 Å². The van der Waals surface area contributed by atoms with Gasteiger partial charge in [-0.05, 0) is 62.5 Å². The molecule has 34 heavy (non-hydrogen) atoms. The van der Waals surface area contributed by atoms with E-state index in [1.54, 1.807) is 23.5 Å². The van der Waals surface area contributed by atoms with Crippen LogP contribution in [0.1, 0.15) is 63.9 Å². The monoisotopic (exact) mass is 523 g/mol. The first-order valence-electron chi connectivity index (χ1n) is 12.3. The molecular formula is C26H35Cl2N3O2S. The Kier molecular flexibility index (Phi) is 7.54. The molecule has 1 aromatic carbocycles. The molecule has 2 aliphatic rings. The van der Waals surface area contributed by atoms with Gasteiger partial charge in [0.05, 0.1) is 27.5 Å². The summed E-state index contributed by atoms with van der Waals surface area (Å²) >= 11 is 14.4. The number of aliphatic hydroxyl groups is 1. The van der Waals surface area contributed by atoms with E-state index in [4.69, 9.17) is 28.2 Å². The molecule has 8 heteroatoms. The van der Waals surface area contributed by atoms with Gasteiger partial charge >= 0.3 is 0 Å². The molecule has 0 saturated heterocycles. The Bertz CT molecular complexity index is 1040. The summed E-state index contributed by atoms with van der Waals surface area (Å²) in [6.45, 7) is 11.9. The van der Waals surface area contributed by atoms with E-state index in [1.807, 2.05) is 31.7 Å². The summed E-state index contributed by atoms with van der Waals surface area (Å²) in [5.74, 6) is 0.0790. The minimum atomic E-state index is -0.535. The van der Waals surface area contributed by atoms with Crippen molar-refractivity contribution in [1.82, 2.24) is 9.88 Å². The zero-order chi connectivity index (χ0) is 24.8. The van der Waals surface area contributed by atoms with Crippen LogP contribution in [0.2, 0.25) is 10.0 Å². The number of aliphatic hydroxyl groups excluding tert-OH is 1. The summed E-state index contributed by atoms with van der Waals surface area (Å²) in [5.41, 5.74) is 1.68. The van der Waals surface area contributed by atoms with Gasteiger partial charge in [-0.15, -0.1) is 11.3 Å². The van der Waals surface area contributed by atoms with Gasteiger partial charge in [0.2, 0.25) is 5.91 Å². The Balaban J connectivity index is 1.60. The Labute approximate surface area is 216 Å². The number of benzene rings is 1. The van der Waals surface area contributed by atoms with Crippen molar-refractivity contribution < 1.29 is 9.90 Å². The molecule has 4 rings (SSSR count). The summed E-state index contributed by atoms with van der Waals surface area (Å²) in [4.78, 5) is 21.1. The number of rotatable bonds is 6. The van der Waals surface area contributed by atoms with E-state index in [9.17, 15) is 9.90 Å². The molecule has 2 aromatic rings. The summed E-state index contributed by atoms with van der Waals surface area (Å²) < 4.78 is 0. The lowest BCUT2D eigenvalue weighted by Crippen LogP contribution is -2.53. The van der Waals surface area contributed by atoms with Crippen molar-refractivity contribution >= 4 is 51.3 Å². The molecule has 6 atom stereocenters. The van der Waals surface area contributed by atoms with Gasteiger partial charge in [0.25, 0.3) is 0 Å². The maximum absolute atomic E-state index is 13.1. The summed E-state index contributed by atoms with van der Waals surface area (Å²) in [6.07, 6.45) is 2.21. The molecule has 1 saturated carbocycles. The van der Waals surface area contributed by atoms with Crippen LogP contribution in [0.3, 0.4) is 0 Å². The number of amides is 1. The number of para-hydroxylation sites is 1. The minimum Gasteiger partial charge on any atom is -0.392 e. The molecular weight excluding hydrogens is 489 g/mol. The first-order chi connectivity index (χ1) is 16.1. The van der Waals surface area contributed by atoms with E-state index in [0.717, 1.165) is 30.1 Å². The number of nitrogens with one attached hydrogen (secondary N) is 1. The molecule has 2 aliphatic carbocycles. The number of carbonyl (C=O) groups excluding carboxylic acids is 1. The van der Waals surface area contributed by atoms with Gasteiger partial charge in [0, 0.05) is 29.8 Å². The van der Waals surface area contributed by atoms with E-state index in [0.29, 0.717) is 28.8 Å². The highest BCUT2D eigenvalue weighted by molar-refractivity contribution is 7.15. The lowest BCUT2D eigenvalue weighted by molar-refractivity contribution is -0.144. The lowest BCUT2D eigenvalue weighted by atomic mass is 9.53. The van der Waals surface area contributed by atoms with Gasteiger partial charge in [-0.1, -0.05) is 50.0 Å². The fourth-order valence-electron chi connectivity index (χ4n) is 6.33. The van der Waals surface area contributed by atoms with Gasteiger partial charge in [0.1, 0.15) is 0 Å². The highest BCUT2D eigenvalue weighted by atomic mass is 35.5. The molecule has 0 radical (unpaired) electrons. The van der Waals surface area contributed by atoms with Crippen LogP contribution in [0.5, 0.6) is 0 Å². The van der Waals surface area contributed by atoms with Crippen molar-refractivity contribution in [2.45, 2.75) is 65.9 Å². The number of halogens is 2. The SMILES string of the molecule is CCN(CC)C(=O)[C@@H](C)[C@@H]1CC[C@@]2(C)Cc3sc(Nc4c(Cl)cccc4Cl)nc3[C@@H](C)[C@@H]2[C@H]1O. The van der Waals surface area contributed by atoms with E-state index in [-0.39, 0.29) is 35.0 Å². The third kappa shape index (κ3) is 4.47. The zero-order valence-corrected chi connectivity index (χ0v) is 22.9. The number of aromatic nitrogens is 1. The van der Waals surface area contributed by atoms with Gasteiger partial charge in [-0.25, -0.2) is 4.98 Å². The third-order valence-electron chi connectivity index (χ3n) is 8.22. The maximum Gasteiger partial charge on any atom is 0.225 e. The number of hydrogen-bond donors (Lipinski definition) is 2. The molecule has 5 nitrogen and oxygen atoms in total. The van der Waals surface area contributed by atoms with Crippen molar-refractivity contribution in [2.75, 3.05) is 18.4 Å². The number of fused-ring (bicyclic) bond motifs is 2. The van der Waals surface area contributed by atoms with Crippen molar-refractivity contribution in [2.24, 2.45) is 23.2 Å². The fraction of sp³-hybridized carbons (Fsp3) is 0.615. The van der Waals surface area contributed by atoms with Crippen molar-refractivity contribution in [3.05, 3.63) is 38.8 Å². The number of anilines is 2. The normalized spacial score (nSPS) is 29.2. The van der Waals surface area contributed by atoms with Crippen LogP contribution in [0.4, 0.5) is 10.8 Å². The predicted octanol–water partition coefficient (Wildman–Crippen LogP) is 6.75. The van der Waals surface area contributed by atoms with Crippen LogP contribution >= 0.6 is 34.5 Å². The summed E-state index contributed by atoms with van der Waals surface area (Å²) in [6, 6.07) is 5.43.